The second-order valence-corrected chi connectivity index (χ2v) is 1.91. The van der Waals surface area contributed by atoms with Crippen LogP contribution < -0.4 is 0 Å². The quantitative estimate of drug-likeness (QED) is 0.602. The molecule has 1 nitrogen and oxygen atoms in total. The molecule has 1 aromatic heterocycles. The maximum Gasteiger partial charge on any atom is 0.281 e. The van der Waals surface area contributed by atoms with Crippen LogP contribution in [0.3, 0.4) is 0 Å². The van der Waals surface area contributed by atoms with Crippen molar-refractivity contribution >= 4 is 15.9 Å². The van der Waals surface area contributed by atoms with Gasteiger partial charge in [0.1, 0.15) is 0 Å². The van der Waals surface area contributed by atoms with Gasteiger partial charge in [-0.05, 0) is 6.07 Å². The minimum Gasteiger partial charge on any atom is -0.439 e. The zero-order valence-electron chi connectivity index (χ0n) is 4.03. The van der Waals surface area contributed by atoms with Gasteiger partial charge in [-0.1, -0.05) is 15.9 Å². The summed E-state index contributed by atoms with van der Waals surface area (Å²) < 4.78 is 16.5. The van der Waals surface area contributed by atoms with E-state index in [0.717, 1.165) is 0 Å². The first-order chi connectivity index (χ1) is 3.84. The van der Waals surface area contributed by atoms with Crippen LogP contribution in [0, 0.1) is 6.01 Å². The smallest absolute Gasteiger partial charge is 0.281 e. The second kappa shape index (κ2) is 2.31. The molecule has 0 atom stereocenters. The number of furan rings is 1. The fourth-order valence-electron chi connectivity index (χ4n) is 0.414. The molecule has 0 bridgehead atoms. The van der Waals surface area contributed by atoms with E-state index in [0.29, 0.717) is 10.9 Å². The third kappa shape index (κ3) is 0.916. The van der Waals surface area contributed by atoms with Gasteiger partial charge in [0.2, 0.25) is 0 Å². The Morgan fingerprint density at radius 1 is 1.75 bits per heavy atom. The zero-order valence-corrected chi connectivity index (χ0v) is 5.61. The summed E-state index contributed by atoms with van der Waals surface area (Å²) in [7, 11) is 0. The normalized spacial score (nSPS) is 9.75. The molecule has 0 saturated carbocycles. The number of hydrogen-bond acceptors (Lipinski definition) is 1. The van der Waals surface area contributed by atoms with Gasteiger partial charge >= 0.3 is 0 Å². The van der Waals surface area contributed by atoms with E-state index in [4.69, 9.17) is 0 Å². The number of rotatable bonds is 1. The first kappa shape index (κ1) is 5.82. The van der Waals surface area contributed by atoms with E-state index in [1.807, 2.05) is 0 Å². The van der Waals surface area contributed by atoms with Crippen LogP contribution in [0.4, 0.5) is 4.39 Å². The monoisotopic (exact) mass is 178 g/mol. The maximum atomic E-state index is 12.2. The van der Waals surface area contributed by atoms with Crippen molar-refractivity contribution in [3.8, 4) is 0 Å². The highest BCUT2D eigenvalue weighted by Crippen LogP contribution is 2.10. The van der Waals surface area contributed by atoms with Crippen molar-refractivity contribution in [1.29, 1.82) is 0 Å². The van der Waals surface area contributed by atoms with Crippen LogP contribution in [0.25, 0.3) is 0 Å². The molecule has 1 heterocycles. The molecule has 1 aromatic rings. The zero-order chi connectivity index (χ0) is 5.98. The molecule has 0 aliphatic heterocycles. The molecule has 0 fully saturated rings. The van der Waals surface area contributed by atoms with Crippen LogP contribution in [0.5, 0.6) is 0 Å². The molecule has 0 radical (unpaired) electrons. The first-order valence-electron chi connectivity index (χ1n) is 2.12. The lowest BCUT2D eigenvalue weighted by Gasteiger charge is -1.80. The van der Waals surface area contributed by atoms with Crippen molar-refractivity contribution in [2.75, 3.05) is 0 Å². The molecule has 44 valence electrons. The largest absolute Gasteiger partial charge is 0.439 e. The van der Waals surface area contributed by atoms with Crippen LogP contribution in [0.1, 0.15) is 5.56 Å². The van der Waals surface area contributed by atoms with Gasteiger partial charge in [0, 0.05) is 10.9 Å². The molecule has 1 rings (SSSR count). The summed E-state index contributed by atoms with van der Waals surface area (Å²) in [6.45, 7) is 0. The average Bonchev–Trinajstić information content (AvgIpc) is 2.14. The van der Waals surface area contributed by atoms with Crippen LogP contribution in [0.15, 0.2) is 16.7 Å². The van der Waals surface area contributed by atoms with E-state index in [1.54, 1.807) is 6.07 Å². The Hall–Kier alpha value is -0.310. The minimum absolute atomic E-state index is 0.498. The second-order valence-electron chi connectivity index (χ2n) is 1.35. The highest BCUT2D eigenvalue weighted by molar-refractivity contribution is 9.08. The van der Waals surface area contributed by atoms with Gasteiger partial charge in [-0.15, -0.1) is 0 Å². The fourth-order valence-corrected chi connectivity index (χ4v) is 0.822. The molecule has 0 amide bonds. The van der Waals surface area contributed by atoms with E-state index in [9.17, 15) is 4.39 Å². The summed E-state index contributed by atoms with van der Waals surface area (Å²) in [4.78, 5) is 0. The lowest BCUT2D eigenvalue weighted by Crippen LogP contribution is -1.73. The highest BCUT2D eigenvalue weighted by atomic mass is 79.9. The SMILES string of the molecule is Fc1occc1CBr. The minimum atomic E-state index is -0.498. The van der Waals surface area contributed by atoms with Gasteiger partial charge in [-0.3, -0.25) is 0 Å². The number of halogens is 2. The van der Waals surface area contributed by atoms with Crippen molar-refractivity contribution < 1.29 is 8.81 Å². The molecule has 0 aliphatic rings. The summed E-state index contributed by atoms with van der Waals surface area (Å²) in [5.41, 5.74) is 0.560. The average molecular weight is 179 g/mol. The predicted octanol–water partition coefficient (Wildman–Crippen LogP) is 2.31. The number of hydrogen-bond donors (Lipinski definition) is 0. The Labute approximate surface area is 54.6 Å². The summed E-state index contributed by atoms with van der Waals surface area (Å²) in [6, 6.07) is 1.09. The van der Waals surface area contributed by atoms with E-state index < -0.39 is 6.01 Å². The van der Waals surface area contributed by atoms with Crippen LogP contribution in [0.2, 0.25) is 0 Å². The van der Waals surface area contributed by atoms with E-state index in [1.165, 1.54) is 6.26 Å². The van der Waals surface area contributed by atoms with Crippen molar-refractivity contribution in [2.45, 2.75) is 5.33 Å². The van der Waals surface area contributed by atoms with Gasteiger partial charge in [0.15, 0.2) is 0 Å². The summed E-state index contributed by atoms with van der Waals surface area (Å²) in [5, 5.41) is 0.509. The molecular formula is C5H4BrFO. The molecule has 8 heavy (non-hydrogen) atoms. The highest BCUT2D eigenvalue weighted by Gasteiger charge is 2.00. The van der Waals surface area contributed by atoms with E-state index in [-0.39, 0.29) is 0 Å². The van der Waals surface area contributed by atoms with E-state index >= 15 is 0 Å². The molecule has 0 aromatic carbocycles. The summed E-state index contributed by atoms with van der Waals surface area (Å²) in [6.07, 6.45) is 1.33. The Morgan fingerprint density at radius 2 is 2.50 bits per heavy atom. The van der Waals surface area contributed by atoms with Crippen LogP contribution >= 0.6 is 15.9 Å². The number of alkyl halides is 1. The summed E-state index contributed by atoms with van der Waals surface area (Å²) >= 11 is 3.09. The molecule has 0 unspecified atom stereocenters. The standard InChI is InChI=1S/C5H4BrFO/c6-3-4-1-2-8-5(4)7/h1-2H,3H2. The van der Waals surface area contributed by atoms with Gasteiger partial charge in [0.25, 0.3) is 6.01 Å². The van der Waals surface area contributed by atoms with Gasteiger partial charge in [-0.25, -0.2) is 0 Å². The molecular weight excluding hydrogens is 175 g/mol. The van der Waals surface area contributed by atoms with Gasteiger partial charge in [-0.2, -0.15) is 4.39 Å². The third-order valence-corrected chi connectivity index (χ3v) is 1.44. The van der Waals surface area contributed by atoms with Crippen molar-refractivity contribution in [3.63, 3.8) is 0 Å². The molecule has 0 aliphatic carbocycles. The molecule has 0 N–H and O–H groups in total. The lowest BCUT2D eigenvalue weighted by molar-refractivity contribution is 0.354. The fraction of sp³-hybridized carbons (Fsp3) is 0.200. The Balaban J connectivity index is 2.92. The topological polar surface area (TPSA) is 13.1 Å². The van der Waals surface area contributed by atoms with Crippen molar-refractivity contribution in [2.24, 2.45) is 0 Å². The van der Waals surface area contributed by atoms with Gasteiger partial charge in [0.05, 0.1) is 6.26 Å². The molecule has 3 heteroatoms. The first-order valence-corrected chi connectivity index (χ1v) is 3.24. The van der Waals surface area contributed by atoms with Crippen LogP contribution in [-0.2, 0) is 5.33 Å². The lowest BCUT2D eigenvalue weighted by atomic mass is 10.4. The molecule has 0 saturated heterocycles. The van der Waals surface area contributed by atoms with Gasteiger partial charge < -0.3 is 4.42 Å². The summed E-state index contributed by atoms with van der Waals surface area (Å²) in [5.74, 6) is 0. The van der Waals surface area contributed by atoms with Crippen molar-refractivity contribution in [3.05, 3.63) is 23.9 Å². The maximum absolute atomic E-state index is 12.2. The Morgan fingerprint density at radius 3 is 2.75 bits per heavy atom. The van der Waals surface area contributed by atoms with Crippen molar-refractivity contribution in [1.82, 2.24) is 0 Å². The Kier molecular flexibility index (Phi) is 1.68. The third-order valence-electron chi connectivity index (χ3n) is 0.837. The van der Waals surface area contributed by atoms with Crippen LogP contribution in [-0.4, -0.2) is 0 Å². The molecule has 0 spiro atoms. The predicted molar refractivity (Wildman–Crippen MR) is 31.3 cm³/mol. The van der Waals surface area contributed by atoms with E-state index in [2.05, 4.69) is 20.3 Å². The Bertz CT molecular complexity index is 173.